The van der Waals surface area contributed by atoms with Crippen LogP contribution >= 0.6 is 11.8 Å². The van der Waals surface area contributed by atoms with Crippen LogP contribution in [0.2, 0.25) is 0 Å². The van der Waals surface area contributed by atoms with Crippen LogP contribution in [0, 0.1) is 0 Å². The van der Waals surface area contributed by atoms with Gasteiger partial charge in [0, 0.05) is 12.4 Å². The molecule has 0 bridgehead atoms. The van der Waals surface area contributed by atoms with E-state index >= 15 is 0 Å². The highest BCUT2D eigenvalue weighted by Crippen LogP contribution is 2.19. The molecule has 2 atom stereocenters. The van der Waals surface area contributed by atoms with Gasteiger partial charge in [0.25, 0.3) is 0 Å². The van der Waals surface area contributed by atoms with Gasteiger partial charge in [0.15, 0.2) is 5.17 Å². The summed E-state index contributed by atoms with van der Waals surface area (Å²) in [5, 5.41) is 4.65. The third-order valence-corrected chi connectivity index (χ3v) is 3.89. The molecule has 86 valence electrons. The molecule has 2 unspecified atom stereocenters. The fourth-order valence-electron chi connectivity index (χ4n) is 1.96. The normalized spacial score (nSPS) is 32.2. The molecule has 2 rings (SSSR count). The van der Waals surface area contributed by atoms with E-state index in [2.05, 4.69) is 12.2 Å². The van der Waals surface area contributed by atoms with E-state index in [4.69, 9.17) is 9.73 Å². The van der Waals surface area contributed by atoms with Crippen molar-refractivity contribution in [3.8, 4) is 0 Å². The number of thioether (sulfide) groups is 1. The zero-order chi connectivity index (χ0) is 10.5. The maximum Gasteiger partial charge on any atom is 0.157 e. The number of nitrogens with zero attached hydrogens (tertiary/aromatic N) is 1. The first kappa shape index (κ1) is 11.3. The summed E-state index contributed by atoms with van der Waals surface area (Å²) in [6.45, 7) is 3.98. The third kappa shape index (κ3) is 3.38. The fraction of sp³-hybridized carbons (Fsp3) is 0.909. The Hall–Kier alpha value is -0.220. The van der Waals surface area contributed by atoms with Crippen LogP contribution in [-0.4, -0.2) is 36.2 Å². The van der Waals surface area contributed by atoms with Gasteiger partial charge in [-0.3, -0.25) is 4.99 Å². The SMILES string of the molecule is CCC1CCSC(NC2CCCOC2)=N1. The van der Waals surface area contributed by atoms with Crippen LogP contribution in [0.15, 0.2) is 4.99 Å². The highest BCUT2D eigenvalue weighted by atomic mass is 32.2. The van der Waals surface area contributed by atoms with Gasteiger partial charge in [-0.2, -0.15) is 0 Å². The summed E-state index contributed by atoms with van der Waals surface area (Å²) in [4.78, 5) is 4.71. The first-order valence-corrected chi connectivity index (χ1v) is 6.92. The summed E-state index contributed by atoms with van der Waals surface area (Å²) in [5.74, 6) is 1.21. The molecule has 2 heterocycles. The molecule has 4 heteroatoms. The highest BCUT2D eigenvalue weighted by molar-refractivity contribution is 8.13. The quantitative estimate of drug-likeness (QED) is 0.785. The van der Waals surface area contributed by atoms with E-state index in [1.54, 1.807) is 0 Å². The van der Waals surface area contributed by atoms with Crippen molar-refractivity contribution in [1.29, 1.82) is 0 Å². The van der Waals surface area contributed by atoms with Crippen molar-refractivity contribution in [2.24, 2.45) is 4.99 Å². The van der Waals surface area contributed by atoms with Crippen molar-refractivity contribution in [3.63, 3.8) is 0 Å². The molecule has 0 spiro atoms. The molecule has 0 aromatic heterocycles. The van der Waals surface area contributed by atoms with Gasteiger partial charge in [-0.1, -0.05) is 18.7 Å². The molecule has 0 aromatic carbocycles. The highest BCUT2D eigenvalue weighted by Gasteiger charge is 2.19. The molecular weight excluding hydrogens is 208 g/mol. The summed E-state index contributed by atoms with van der Waals surface area (Å²) in [6, 6.07) is 1.03. The minimum Gasteiger partial charge on any atom is -0.379 e. The first-order chi connectivity index (χ1) is 7.38. The van der Waals surface area contributed by atoms with Gasteiger partial charge in [-0.05, 0) is 25.7 Å². The van der Waals surface area contributed by atoms with Crippen LogP contribution in [0.3, 0.4) is 0 Å². The van der Waals surface area contributed by atoms with Gasteiger partial charge < -0.3 is 10.1 Å². The molecule has 0 aliphatic carbocycles. The number of nitrogens with one attached hydrogen (secondary N) is 1. The van der Waals surface area contributed by atoms with Crippen molar-refractivity contribution in [2.75, 3.05) is 19.0 Å². The average Bonchev–Trinajstić information content (AvgIpc) is 2.31. The van der Waals surface area contributed by atoms with Gasteiger partial charge in [-0.15, -0.1) is 0 Å². The Morgan fingerprint density at radius 1 is 1.53 bits per heavy atom. The van der Waals surface area contributed by atoms with Crippen molar-refractivity contribution in [1.82, 2.24) is 5.32 Å². The largest absolute Gasteiger partial charge is 0.379 e. The molecule has 0 amide bonds. The van der Waals surface area contributed by atoms with Crippen LogP contribution < -0.4 is 5.32 Å². The maximum absolute atomic E-state index is 5.45. The molecule has 3 nitrogen and oxygen atoms in total. The molecule has 15 heavy (non-hydrogen) atoms. The molecule has 0 saturated carbocycles. The zero-order valence-corrected chi connectivity index (χ0v) is 10.2. The Kier molecular flexibility index (Phi) is 4.32. The van der Waals surface area contributed by atoms with E-state index in [0.717, 1.165) is 24.8 Å². The van der Waals surface area contributed by atoms with Crippen LogP contribution in [0.1, 0.15) is 32.6 Å². The molecule has 1 fully saturated rings. The summed E-state index contributed by atoms with van der Waals surface area (Å²) >= 11 is 1.86. The minimum atomic E-state index is 0.487. The number of amidine groups is 1. The van der Waals surface area contributed by atoms with Crippen LogP contribution in [-0.2, 0) is 4.74 Å². The number of rotatable bonds is 2. The van der Waals surface area contributed by atoms with Gasteiger partial charge >= 0.3 is 0 Å². The summed E-state index contributed by atoms with van der Waals surface area (Å²) in [6.07, 6.45) is 4.78. The van der Waals surface area contributed by atoms with E-state index in [1.807, 2.05) is 11.8 Å². The predicted octanol–water partition coefficient (Wildman–Crippen LogP) is 2.03. The molecular formula is C11H20N2OS. The molecule has 1 N–H and O–H groups in total. The molecule has 0 aromatic rings. The maximum atomic E-state index is 5.45. The van der Waals surface area contributed by atoms with Crippen LogP contribution in [0.5, 0.6) is 0 Å². The summed E-state index contributed by atoms with van der Waals surface area (Å²) in [7, 11) is 0. The lowest BCUT2D eigenvalue weighted by Gasteiger charge is -2.27. The second kappa shape index (κ2) is 5.75. The van der Waals surface area contributed by atoms with E-state index in [9.17, 15) is 0 Å². The molecule has 1 saturated heterocycles. The van der Waals surface area contributed by atoms with Crippen LogP contribution in [0.25, 0.3) is 0 Å². The lowest BCUT2D eigenvalue weighted by Crippen LogP contribution is -2.40. The number of hydrogen-bond acceptors (Lipinski definition) is 4. The van der Waals surface area contributed by atoms with Crippen molar-refractivity contribution < 1.29 is 4.74 Å². The van der Waals surface area contributed by atoms with E-state index in [1.165, 1.54) is 25.0 Å². The summed E-state index contributed by atoms with van der Waals surface area (Å²) in [5.41, 5.74) is 0. The second-order valence-corrected chi connectivity index (χ2v) is 5.28. The van der Waals surface area contributed by atoms with E-state index in [-0.39, 0.29) is 0 Å². The minimum absolute atomic E-state index is 0.487. The molecule has 2 aliphatic heterocycles. The Labute approximate surface area is 96.1 Å². The van der Waals surface area contributed by atoms with E-state index in [0.29, 0.717) is 12.1 Å². The summed E-state index contributed by atoms with van der Waals surface area (Å²) < 4.78 is 5.45. The fourth-order valence-corrected chi connectivity index (χ4v) is 3.02. The Bertz CT molecular complexity index is 227. The monoisotopic (exact) mass is 228 g/mol. The molecule has 2 aliphatic rings. The number of aliphatic imine (C=N–C) groups is 1. The smallest absolute Gasteiger partial charge is 0.157 e. The van der Waals surface area contributed by atoms with Crippen molar-refractivity contribution in [2.45, 2.75) is 44.7 Å². The van der Waals surface area contributed by atoms with Gasteiger partial charge in [0.1, 0.15) is 0 Å². The van der Waals surface area contributed by atoms with Crippen molar-refractivity contribution >= 4 is 16.9 Å². The van der Waals surface area contributed by atoms with Gasteiger partial charge in [0.05, 0.1) is 18.7 Å². The Balaban J connectivity index is 1.84. The molecule has 0 radical (unpaired) electrons. The topological polar surface area (TPSA) is 33.6 Å². The second-order valence-electron chi connectivity index (χ2n) is 4.19. The predicted molar refractivity (Wildman–Crippen MR) is 65.6 cm³/mol. The third-order valence-electron chi connectivity index (χ3n) is 2.95. The number of hydrogen-bond donors (Lipinski definition) is 1. The Morgan fingerprint density at radius 2 is 2.47 bits per heavy atom. The van der Waals surface area contributed by atoms with Gasteiger partial charge in [-0.25, -0.2) is 0 Å². The van der Waals surface area contributed by atoms with Crippen molar-refractivity contribution in [3.05, 3.63) is 0 Å². The zero-order valence-electron chi connectivity index (χ0n) is 9.37. The lowest BCUT2D eigenvalue weighted by atomic mass is 10.1. The van der Waals surface area contributed by atoms with Crippen LogP contribution in [0.4, 0.5) is 0 Å². The van der Waals surface area contributed by atoms with E-state index < -0.39 is 0 Å². The lowest BCUT2D eigenvalue weighted by molar-refractivity contribution is 0.0766. The Morgan fingerprint density at radius 3 is 3.20 bits per heavy atom. The average molecular weight is 228 g/mol. The van der Waals surface area contributed by atoms with Gasteiger partial charge in [0.2, 0.25) is 0 Å². The first-order valence-electron chi connectivity index (χ1n) is 5.93. The number of ether oxygens (including phenoxy) is 1. The standard InChI is InChI=1S/C11H20N2OS/c1-2-9-5-7-15-11(12-9)13-10-4-3-6-14-8-10/h9-10H,2-8H2,1H3,(H,12,13).